The van der Waals surface area contributed by atoms with E-state index in [1.807, 2.05) is 19.1 Å². The lowest BCUT2D eigenvalue weighted by atomic mass is 9.91. The van der Waals surface area contributed by atoms with Gasteiger partial charge < -0.3 is 19.9 Å². The summed E-state index contributed by atoms with van der Waals surface area (Å²) in [5, 5.41) is 3.42. The second-order valence-electron chi connectivity index (χ2n) is 7.58. The highest BCUT2D eigenvalue weighted by molar-refractivity contribution is 5.85. The molecule has 27 heavy (non-hydrogen) atoms. The summed E-state index contributed by atoms with van der Waals surface area (Å²) in [6, 6.07) is 8.22. The number of carbonyl (C=O) groups is 1. The van der Waals surface area contributed by atoms with Crippen LogP contribution in [0.2, 0.25) is 0 Å². The maximum absolute atomic E-state index is 12.9. The van der Waals surface area contributed by atoms with E-state index in [0.29, 0.717) is 17.9 Å². The molecule has 4 rings (SSSR count). The van der Waals surface area contributed by atoms with Crippen molar-refractivity contribution in [2.24, 2.45) is 11.3 Å². The lowest BCUT2D eigenvalue weighted by molar-refractivity contribution is -0.133. The molecule has 1 aromatic carbocycles. The van der Waals surface area contributed by atoms with Gasteiger partial charge in [-0.25, -0.2) is 0 Å². The van der Waals surface area contributed by atoms with Crippen molar-refractivity contribution in [2.75, 3.05) is 50.8 Å². The second-order valence-corrected chi connectivity index (χ2v) is 7.58. The molecule has 1 aliphatic carbocycles. The normalized spacial score (nSPS) is 23.2. The number of halogens is 2. The molecule has 2 heterocycles. The summed E-state index contributed by atoms with van der Waals surface area (Å²) in [7, 11) is 0. The molecule has 1 atom stereocenters. The van der Waals surface area contributed by atoms with E-state index in [9.17, 15) is 4.79 Å². The topological polar surface area (TPSA) is 44.8 Å². The summed E-state index contributed by atoms with van der Waals surface area (Å²) in [6.07, 6.45) is 3.46. The van der Waals surface area contributed by atoms with Gasteiger partial charge in [0.2, 0.25) is 5.91 Å². The van der Waals surface area contributed by atoms with Crippen LogP contribution in [0.4, 0.5) is 5.69 Å². The van der Waals surface area contributed by atoms with Crippen LogP contribution in [0.1, 0.15) is 26.2 Å². The lowest BCUT2D eigenvalue weighted by Gasteiger charge is -2.37. The largest absolute Gasteiger partial charge is 0.492 e. The van der Waals surface area contributed by atoms with Crippen LogP contribution in [0.15, 0.2) is 24.3 Å². The Labute approximate surface area is 174 Å². The van der Waals surface area contributed by atoms with E-state index in [0.717, 1.165) is 57.1 Å². The molecule has 152 valence electrons. The minimum absolute atomic E-state index is 0. The minimum atomic E-state index is 0. The van der Waals surface area contributed by atoms with Crippen molar-refractivity contribution < 1.29 is 9.53 Å². The third-order valence-corrected chi connectivity index (χ3v) is 6.18. The van der Waals surface area contributed by atoms with Crippen molar-refractivity contribution in [3.63, 3.8) is 0 Å². The number of anilines is 1. The first-order chi connectivity index (χ1) is 12.2. The van der Waals surface area contributed by atoms with Crippen molar-refractivity contribution >= 4 is 36.4 Å². The zero-order valence-electron chi connectivity index (χ0n) is 16.0. The maximum Gasteiger partial charge on any atom is 0.226 e. The zero-order valence-corrected chi connectivity index (χ0v) is 17.6. The van der Waals surface area contributed by atoms with Gasteiger partial charge in [0.1, 0.15) is 5.75 Å². The van der Waals surface area contributed by atoms with Crippen LogP contribution in [0.25, 0.3) is 0 Å². The van der Waals surface area contributed by atoms with Crippen LogP contribution < -0.4 is 15.0 Å². The molecule has 0 radical (unpaired) electrons. The van der Waals surface area contributed by atoms with Gasteiger partial charge in [0.05, 0.1) is 12.3 Å². The average molecular weight is 416 g/mol. The number of nitrogens with zero attached hydrogens (tertiary/aromatic N) is 2. The highest BCUT2D eigenvalue weighted by atomic mass is 35.5. The van der Waals surface area contributed by atoms with Crippen LogP contribution in [-0.2, 0) is 4.79 Å². The molecular formula is C20H31Cl2N3O2. The Bertz CT molecular complexity index is 629. The third-order valence-electron chi connectivity index (χ3n) is 6.18. The molecule has 0 aromatic heterocycles. The molecule has 1 unspecified atom stereocenters. The Morgan fingerprint density at radius 3 is 2.48 bits per heavy atom. The fraction of sp³-hybridized carbons (Fsp3) is 0.650. The van der Waals surface area contributed by atoms with Gasteiger partial charge in [-0.2, -0.15) is 0 Å². The van der Waals surface area contributed by atoms with Crippen molar-refractivity contribution in [1.29, 1.82) is 0 Å². The Hall–Kier alpha value is -1.17. The predicted octanol–water partition coefficient (Wildman–Crippen LogP) is 2.97. The first-order valence-corrected chi connectivity index (χ1v) is 9.70. The van der Waals surface area contributed by atoms with Gasteiger partial charge in [-0.15, -0.1) is 24.8 Å². The first kappa shape index (κ1) is 22.1. The van der Waals surface area contributed by atoms with E-state index in [1.165, 1.54) is 12.8 Å². The average Bonchev–Trinajstić information content (AvgIpc) is 3.35. The van der Waals surface area contributed by atoms with Crippen molar-refractivity contribution in [3.8, 4) is 5.75 Å². The molecule has 5 nitrogen and oxygen atoms in total. The Morgan fingerprint density at radius 2 is 1.81 bits per heavy atom. The van der Waals surface area contributed by atoms with Gasteiger partial charge in [-0.3, -0.25) is 4.79 Å². The molecule has 1 amide bonds. The van der Waals surface area contributed by atoms with E-state index in [2.05, 4.69) is 27.2 Å². The Kier molecular flexibility index (Phi) is 7.66. The van der Waals surface area contributed by atoms with E-state index in [1.54, 1.807) is 0 Å². The Balaban J connectivity index is 0.00000131. The van der Waals surface area contributed by atoms with E-state index in [4.69, 9.17) is 4.74 Å². The number of piperidine rings is 1. The molecule has 1 spiro atoms. The van der Waals surface area contributed by atoms with Crippen LogP contribution in [0.3, 0.4) is 0 Å². The monoisotopic (exact) mass is 415 g/mol. The van der Waals surface area contributed by atoms with Gasteiger partial charge in [-0.05, 0) is 56.8 Å². The molecule has 1 saturated carbocycles. The summed E-state index contributed by atoms with van der Waals surface area (Å²) in [6.45, 7) is 8.26. The van der Waals surface area contributed by atoms with Crippen molar-refractivity contribution in [1.82, 2.24) is 10.2 Å². The molecule has 2 aliphatic heterocycles. The van der Waals surface area contributed by atoms with E-state index < -0.39 is 0 Å². The summed E-state index contributed by atoms with van der Waals surface area (Å²) in [5.41, 5.74) is 1.49. The number of ether oxygens (including phenoxy) is 1. The SMILES string of the molecule is CCOc1ccccc1N1CCN(C(=O)C2CC23CCNCC3)CC1.Cl.Cl. The quantitative estimate of drug-likeness (QED) is 0.820. The van der Waals surface area contributed by atoms with Crippen molar-refractivity contribution in [2.45, 2.75) is 26.2 Å². The first-order valence-electron chi connectivity index (χ1n) is 9.70. The highest BCUT2D eigenvalue weighted by Crippen LogP contribution is 2.59. The third kappa shape index (κ3) is 4.47. The van der Waals surface area contributed by atoms with Gasteiger partial charge in [-0.1, -0.05) is 12.1 Å². The number of carbonyl (C=O) groups excluding carboxylic acids is 1. The predicted molar refractivity (Wildman–Crippen MR) is 114 cm³/mol. The van der Waals surface area contributed by atoms with E-state index >= 15 is 0 Å². The van der Waals surface area contributed by atoms with Crippen LogP contribution in [0, 0.1) is 11.3 Å². The van der Waals surface area contributed by atoms with Crippen LogP contribution in [-0.4, -0.2) is 56.7 Å². The number of amides is 1. The fourth-order valence-corrected chi connectivity index (χ4v) is 4.56. The molecule has 1 N–H and O–H groups in total. The second kappa shape index (κ2) is 9.35. The number of hydrogen-bond donors (Lipinski definition) is 1. The number of nitrogens with one attached hydrogen (secondary N) is 1. The van der Waals surface area contributed by atoms with Crippen LogP contribution in [0.5, 0.6) is 5.75 Å². The smallest absolute Gasteiger partial charge is 0.226 e. The van der Waals surface area contributed by atoms with Gasteiger partial charge in [0.25, 0.3) is 0 Å². The fourth-order valence-electron chi connectivity index (χ4n) is 4.56. The van der Waals surface area contributed by atoms with Gasteiger partial charge in [0.15, 0.2) is 0 Å². The standard InChI is InChI=1S/C20H29N3O2.2ClH/c1-2-25-18-6-4-3-5-17(18)22-11-13-23(14-12-22)19(24)16-15-20(16)7-9-21-10-8-20;;/h3-6,16,21H,2,7-15H2,1H3;2*1H. The van der Waals surface area contributed by atoms with Gasteiger partial charge >= 0.3 is 0 Å². The molecule has 0 bridgehead atoms. The van der Waals surface area contributed by atoms with Crippen molar-refractivity contribution in [3.05, 3.63) is 24.3 Å². The molecule has 1 aromatic rings. The minimum Gasteiger partial charge on any atom is -0.492 e. The molecule has 3 fully saturated rings. The summed E-state index contributed by atoms with van der Waals surface area (Å²) in [5.74, 6) is 1.64. The molecule has 2 saturated heterocycles. The summed E-state index contributed by atoms with van der Waals surface area (Å²) in [4.78, 5) is 17.4. The van der Waals surface area contributed by atoms with Gasteiger partial charge in [0, 0.05) is 32.1 Å². The number of rotatable bonds is 4. The number of hydrogen-bond acceptors (Lipinski definition) is 4. The summed E-state index contributed by atoms with van der Waals surface area (Å²) >= 11 is 0. The number of para-hydroxylation sites is 2. The Morgan fingerprint density at radius 1 is 1.15 bits per heavy atom. The summed E-state index contributed by atoms with van der Waals surface area (Å²) < 4.78 is 5.76. The van der Waals surface area contributed by atoms with Crippen LogP contribution >= 0.6 is 24.8 Å². The molecule has 7 heteroatoms. The molecular weight excluding hydrogens is 385 g/mol. The number of benzene rings is 1. The van der Waals surface area contributed by atoms with E-state index in [-0.39, 0.29) is 30.7 Å². The highest BCUT2D eigenvalue weighted by Gasteiger charge is 2.58. The lowest BCUT2D eigenvalue weighted by Crippen LogP contribution is -2.50. The maximum atomic E-state index is 12.9. The molecule has 3 aliphatic rings. The zero-order chi connectivity index (χ0) is 17.3. The number of piperazine rings is 1.